The number of aryl methyl sites for hydroxylation is 1. The highest BCUT2D eigenvalue weighted by Gasteiger charge is 2.25. The molecule has 0 unspecified atom stereocenters. The van der Waals surface area contributed by atoms with Crippen LogP contribution in [-0.2, 0) is 4.74 Å². The Kier molecular flexibility index (Phi) is 6.72. The Bertz CT molecular complexity index is 752. The number of esters is 1. The summed E-state index contributed by atoms with van der Waals surface area (Å²) < 4.78 is 22.8. The van der Waals surface area contributed by atoms with E-state index in [-0.39, 0.29) is 5.76 Å². The van der Waals surface area contributed by atoms with E-state index < -0.39 is 5.97 Å². The Morgan fingerprint density at radius 3 is 2.48 bits per heavy atom. The number of carbonyl (C=O) groups excluding carboxylic acids is 1. The number of benzene rings is 1. The van der Waals surface area contributed by atoms with Crippen molar-refractivity contribution in [2.24, 2.45) is 0 Å². The first-order valence-corrected chi connectivity index (χ1v) is 9.00. The first kappa shape index (κ1) is 19.6. The zero-order valence-corrected chi connectivity index (χ0v) is 16.9. The van der Waals surface area contributed by atoms with Crippen molar-refractivity contribution in [3.05, 3.63) is 21.9 Å². The molecule has 0 aliphatic carbocycles. The molecule has 6 nitrogen and oxygen atoms in total. The van der Waals surface area contributed by atoms with Crippen LogP contribution in [0.4, 0.5) is 0 Å². The fourth-order valence-electron chi connectivity index (χ4n) is 2.70. The molecular formula is C18H24BrNO5. The van der Waals surface area contributed by atoms with Crippen LogP contribution < -0.4 is 9.47 Å². The number of nitrogens with zero attached hydrogens (tertiary/aromatic N) is 1. The molecule has 0 spiro atoms. The van der Waals surface area contributed by atoms with Gasteiger partial charge in [-0.15, -0.1) is 0 Å². The highest BCUT2D eigenvalue weighted by molar-refractivity contribution is 9.10. The second kappa shape index (κ2) is 8.58. The molecular weight excluding hydrogens is 390 g/mol. The van der Waals surface area contributed by atoms with Crippen LogP contribution >= 0.6 is 15.9 Å². The minimum atomic E-state index is -0.516. The summed E-state index contributed by atoms with van der Waals surface area (Å²) in [6, 6.07) is 1.86. The molecule has 0 atom stereocenters. The van der Waals surface area contributed by atoms with E-state index in [1.807, 2.05) is 13.0 Å². The number of carbonyl (C=O) groups is 1. The van der Waals surface area contributed by atoms with Gasteiger partial charge in [-0.05, 0) is 42.0 Å². The molecule has 2 aromatic rings. The average Bonchev–Trinajstić information content (AvgIpc) is 2.94. The number of fused-ring (bicyclic) bond motifs is 1. The lowest BCUT2D eigenvalue weighted by atomic mass is 10.1. The number of halogens is 1. The summed E-state index contributed by atoms with van der Waals surface area (Å²) in [5, 5.41) is 0.783. The van der Waals surface area contributed by atoms with E-state index in [4.69, 9.17) is 18.6 Å². The van der Waals surface area contributed by atoms with Crippen LogP contribution in [-0.4, -0.2) is 51.3 Å². The maximum Gasteiger partial charge on any atom is 0.374 e. The van der Waals surface area contributed by atoms with Crippen LogP contribution in [0.25, 0.3) is 11.0 Å². The topological polar surface area (TPSA) is 61.1 Å². The average molecular weight is 414 g/mol. The normalized spacial score (nSPS) is 11.2. The number of ether oxygens (including phenoxy) is 3. The fourth-order valence-corrected chi connectivity index (χ4v) is 3.27. The molecule has 2 rings (SSSR count). The number of likely N-dealkylation sites (N-methyl/N-ethyl adjacent to an activating group) is 1. The number of rotatable bonds is 8. The van der Waals surface area contributed by atoms with E-state index >= 15 is 0 Å². The van der Waals surface area contributed by atoms with E-state index in [0.29, 0.717) is 29.3 Å². The van der Waals surface area contributed by atoms with Crippen molar-refractivity contribution < 1.29 is 23.4 Å². The van der Waals surface area contributed by atoms with Gasteiger partial charge in [-0.3, -0.25) is 0 Å². The van der Waals surface area contributed by atoms with Gasteiger partial charge in [0.25, 0.3) is 0 Å². The molecule has 1 aromatic carbocycles. The van der Waals surface area contributed by atoms with Gasteiger partial charge >= 0.3 is 5.97 Å². The largest absolute Gasteiger partial charge is 0.492 e. The lowest BCUT2D eigenvalue weighted by molar-refractivity contribution is 0.0566. The lowest BCUT2D eigenvalue weighted by Crippen LogP contribution is -2.28. The minimum Gasteiger partial charge on any atom is -0.492 e. The van der Waals surface area contributed by atoms with Gasteiger partial charge in [0, 0.05) is 17.5 Å². The van der Waals surface area contributed by atoms with Gasteiger partial charge in [0.15, 0.2) is 11.3 Å². The first-order valence-electron chi connectivity index (χ1n) is 8.21. The molecule has 1 heterocycles. The van der Waals surface area contributed by atoms with E-state index in [0.717, 1.165) is 29.5 Å². The van der Waals surface area contributed by atoms with Crippen LogP contribution in [0.2, 0.25) is 0 Å². The van der Waals surface area contributed by atoms with Crippen LogP contribution in [0, 0.1) is 6.92 Å². The summed E-state index contributed by atoms with van der Waals surface area (Å²) in [7, 11) is 2.90. The molecule has 0 radical (unpaired) electrons. The van der Waals surface area contributed by atoms with Crippen molar-refractivity contribution in [1.29, 1.82) is 0 Å². The molecule has 0 bridgehead atoms. The minimum absolute atomic E-state index is 0.172. The quantitative estimate of drug-likeness (QED) is 0.609. The number of hydrogen-bond donors (Lipinski definition) is 0. The standard InChI is InChI=1S/C18H24BrNO5/c1-6-20(7-2)8-9-24-17-15-12(10-13(19)16(17)22-4)11(3)14(25-15)18(21)23-5/h10H,6-9H2,1-5H3. The number of furan rings is 1. The van der Waals surface area contributed by atoms with Crippen LogP contribution in [0.3, 0.4) is 0 Å². The molecule has 138 valence electrons. The third-order valence-electron chi connectivity index (χ3n) is 4.22. The molecule has 1 aromatic heterocycles. The lowest BCUT2D eigenvalue weighted by Gasteiger charge is -2.19. The number of methoxy groups -OCH3 is 2. The zero-order chi connectivity index (χ0) is 18.6. The second-order valence-corrected chi connectivity index (χ2v) is 6.37. The first-order chi connectivity index (χ1) is 12.0. The molecule has 25 heavy (non-hydrogen) atoms. The third-order valence-corrected chi connectivity index (χ3v) is 4.81. The van der Waals surface area contributed by atoms with Gasteiger partial charge in [-0.2, -0.15) is 0 Å². The van der Waals surface area contributed by atoms with Crippen LogP contribution in [0.15, 0.2) is 15.0 Å². The zero-order valence-electron chi connectivity index (χ0n) is 15.3. The SMILES string of the molecule is CCN(CC)CCOc1c(OC)c(Br)cc2c(C)c(C(=O)OC)oc12. The van der Waals surface area contributed by atoms with Gasteiger partial charge in [0.05, 0.1) is 18.7 Å². The molecule has 0 aliphatic heterocycles. The van der Waals surface area contributed by atoms with Crippen LogP contribution in [0.1, 0.15) is 30.0 Å². The molecule has 0 aliphatic rings. The van der Waals surface area contributed by atoms with E-state index in [1.165, 1.54) is 7.11 Å². The summed E-state index contributed by atoms with van der Waals surface area (Å²) in [4.78, 5) is 14.2. The Morgan fingerprint density at radius 1 is 1.24 bits per heavy atom. The smallest absolute Gasteiger partial charge is 0.374 e. The molecule has 0 saturated heterocycles. The molecule has 0 saturated carbocycles. The second-order valence-electron chi connectivity index (χ2n) is 5.52. The Labute approximate surface area is 156 Å². The molecule has 7 heteroatoms. The van der Waals surface area contributed by atoms with Crippen molar-refractivity contribution in [1.82, 2.24) is 4.90 Å². The highest BCUT2D eigenvalue weighted by Crippen LogP contribution is 2.44. The Balaban J connectivity index is 2.46. The van der Waals surface area contributed by atoms with Gasteiger partial charge in [-0.1, -0.05) is 13.8 Å². The Morgan fingerprint density at radius 2 is 1.92 bits per heavy atom. The molecule has 0 fully saturated rings. The van der Waals surface area contributed by atoms with E-state index in [1.54, 1.807) is 7.11 Å². The van der Waals surface area contributed by atoms with Gasteiger partial charge in [-0.25, -0.2) is 4.79 Å². The van der Waals surface area contributed by atoms with Crippen molar-refractivity contribution in [2.45, 2.75) is 20.8 Å². The third kappa shape index (κ3) is 3.93. The maximum atomic E-state index is 11.9. The summed E-state index contributed by atoms with van der Waals surface area (Å²) in [6.07, 6.45) is 0. The van der Waals surface area contributed by atoms with Gasteiger partial charge in [0.1, 0.15) is 6.61 Å². The predicted octanol–water partition coefficient (Wildman–Crippen LogP) is 4.02. The van der Waals surface area contributed by atoms with Crippen LogP contribution in [0.5, 0.6) is 11.5 Å². The maximum absolute atomic E-state index is 11.9. The Hall–Kier alpha value is -1.73. The van der Waals surface area contributed by atoms with Crippen molar-refractivity contribution in [3.63, 3.8) is 0 Å². The van der Waals surface area contributed by atoms with Crippen molar-refractivity contribution >= 4 is 32.9 Å². The fraction of sp³-hybridized carbons (Fsp3) is 0.500. The van der Waals surface area contributed by atoms with Crippen molar-refractivity contribution in [3.8, 4) is 11.5 Å². The molecule has 0 amide bonds. The predicted molar refractivity (Wildman–Crippen MR) is 99.8 cm³/mol. The summed E-state index contributed by atoms with van der Waals surface area (Å²) in [6.45, 7) is 9.22. The molecule has 0 N–H and O–H groups in total. The number of hydrogen-bond acceptors (Lipinski definition) is 6. The summed E-state index contributed by atoms with van der Waals surface area (Å²) in [5.74, 6) is 0.679. The van der Waals surface area contributed by atoms with Gasteiger partial charge in [0.2, 0.25) is 11.5 Å². The van der Waals surface area contributed by atoms with Crippen molar-refractivity contribution in [2.75, 3.05) is 40.5 Å². The summed E-state index contributed by atoms with van der Waals surface area (Å²) >= 11 is 3.50. The van der Waals surface area contributed by atoms with Gasteiger partial charge < -0.3 is 23.5 Å². The summed E-state index contributed by atoms with van der Waals surface area (Å²) in [5.41, 5.74) is 1.19. The van der Waals surface area contributed by atoms with E-state index in [9.17, 15) is 4.79 Å². The highest BCUT2D eigenvalue weighted by atomic mass is 79.9. The van der Waals surface area contributed by atoms with E-state index in [2.05, 4.69) is 34.7 Å². The monoisotopic (exact) mass is 413 g/mol.